The van der Waals surface area contributed by atoms with E-state index in [1.807, 2.05) is 0 Å². The van der Waals surface area contributed by atoms with Gasteiger partial charge in [-0.3, -0.25) is 14.6 Å². The molecule has 1 fully saturated rings. The molecule has 10 heteroatoms. The first kappa shape index (κ1) is 16.0. The summed E-state index contributed by atoms with van der Waals surface area (Å²) in [6.45, 7) is 1.14. The molecule has 0 radical (unpaired) electrons. The number of hydrogen-bond acceptors (Lipinski definition) is 5. The Labute approximate surface area is 138 Å². The molecule has 23 heavy (non-hydrogen) atoms. The summed E-state index contributed by atoms with van der Waals surface area (Å²) in [7, 11) is -3.34. The molecule has 1 N–H and O–H groups in total. The van der Waals surface area contributed by atoms with Crippen molar-refractivity contribution < 1.29 is 13.2 Å². The molecule has 0 spiro atoms. The van der Waals surface area contributed by atoms with E-state index in [1.165, 1.54) is 17.1 Å². The molecule has 2 aromatic rings. The van der Waals surface area contributed by atoms with Crippen LogP contribution in [0.15, 0.2) is 23.5 Å². The maximum absolute atomic E-state index is 12.3. The van der Waals surface area contributed by atoms with Gasteiger partial charge in [-0.25, -0.2) is 8.42 Å². The zero-order valence-electron chi connectivity index (χ0n) is 12.4. The first-order valence-electron chi connectivity index (χ1n) is 7.03. The van der Waals surface area contributed by atoms with Gasteiger partial charge in [0.15, 0.2) is 9.84 Å². The van der Waals surface area contributed by atoms with E-state index in [9.17, 15) is 13.2 Å². The van der Waals surface area contributed by atoms with Crippen LogP contribution in [0.3, 0.4) is 0 Å². The number of aromatic nitrogens is 4. The van der Waals surface area contributed by atoms with Gasteiger partial charge in [0.2, 0.25) is 5.91 Å². The Hall–Kier alpha value is -1.87. The van der Waals surface area contributed by atoms with Crippen LogP contribution in [0.2, 0.25) is 5.02 Å². The number of likely N-dealkylation sites (tertiary alicyclic amines) is 1. The lowest BCUT2D eigenvalue weighted by Crippen LogP contribution is -2.32. The Morgan fingerprint density at radius 1 is 1.48 bits per heavy atom. The third-order valence-electron chi connectivity index (χ3n) is 3.88. The molecule has 3 rings (SSSR count). The molecule has 1 aliphatic heterocycles. The monoisotopic (exact) mass is 357 g/mol. The highest BCUT2D eigenvalue weighted by Gasteiger charge is 2.31. The number of carbonyl (C=O) groups is 1. The van der Waals surface area contributed by atoms with Crippen molar-refractivity contribution in [1.82, 2.24) is 24.9 Å². The van der Waals surface area contributed by atoms with Gasteiger partial charge in [0.05, 0.1) is 23.1 Å². The largest absolute Gasteiger partial charge is 0.340 e. The zero-order chi connectivity index (χ0) is 16.6. The maximum Gasteiger partial charge on any atom is 0.244 e. The minimum Gasteiger partial charge on any atom is -0.340 e. The third kappa shape index (κ3) is 3.40. The van der Waals surface area contributed by atoms with Gasteiger partial charge in [0.25, 0.3) is 0 Å². The van der Waals surface area contributed by atoms with Crippen molar-refractivity contribution in [2.45, 2.75) is 23.8 Å². The van der Waals surface area contributed by atoms with Crippen LogP contribution in [0, 0.1) is 0 Å². The lowest BCUT2D eigenvalue weighted by atomic mass is 10.1. The Balaban J connectivity index is 1.69. The van der Waals surface area contributed by atoms with Crippen LogP contribution in [0.4, 0.5) is 0 Å². The van der Waals surface area contributed by atoms with Crippen LogP contribution in [0.5, 0.6) is 0 Å². The second-order valence-corrected chi connectivity index (χ2v) is 8.02. The molecule has 1 amide bonds. The fourth-order valence-electron chi connectivity index (χ4n) is 2.76. The Kier molecular flexibility index (Phi) is 4.15. The Morgan fingerprint density at radius 2 is 2.26 bits per heavy atom. The van der Waals surface area contributed by atoms with Gasteiger partial charge in [-0.1, -0.05) is 11.6 Å². The normalized spacial score (nSPS) is 18.5. The van der Waals surface area contributed by atoms with Gasteiger partial charge in [0.1, 0.15) is 11.4 Å². The summed E-state index contributed by atoms with van der Waals surface area (Å²) in [5.74, 6) is -0.139. The average molecular weight is 358 g/mol. The van der Waals surface area contributed by atoms with Crippen LogP contribution in [-0.4, -0.2) is 58.5 Å². The lowest BCUT2D eigenvalue weighted by Gasteiger charge is -2.16. The molecular formula is C13H16ClN5O3S. The maximum atomic E-state index is 12.3. The molecule has 124 valence electrons. The summed E-state index contributed by atoms with van der Waals surface area (Å²) in [5.41, 5.74) is 0.574. The van der Waals surface area contributed by atoms with Crippen molar-refractivity contribution >= 4 is 27.3 Å². The topological polar surface area (TPSA) is 101 Å². The fraction of sp³-hybridized carbons (Fsp3) is 0.462. The second kappa shape index (κ2) is 5.97. The third-order valence-corrected chi connectivity index (χ3v) is 5.20. The van der Waals surface area contributed by atoms with Crippen LogP contribution in [0.25, 0.3) is 0 Å². The van der Waals surface area contributed by atoms with E-state index < -0.39 is 9.84 Å². The smallest absolute Gasteiger partial charge is 0.244 e. The first-order chi connectivity index (χ1) is 10.8. The van der Waals surface area contributed by atoms with E-state index in [-0.39, 0.29) is 23.3 Å². The van der Waals surface area contributed by atoms with E-state index in [1.54, 1.807) is 11.1 Å². The molecule has 0 aromatic carbocycles. The van der Waals surface area contributed by atoms with E-state index in [4.69, 9.17) is 11.6 Å². The van der Waals surface area contributed by atoms with Gasteiger partial charge in [0, 0.05) is 31.5 Å². The molecule has 8 nitrogen and oxygen atoms in total. The second-order valence-electron chi connectivity index (χ2n) is 5.60. The van der Waals surface area contributed by atoms with Crippen molar-refractivity contribution in [1.29, 1.82) is 0 Å². The lowest BCUT2D eigenvalue weighted by molar-refractivity contribution is -0.131. The molecule has 0 bridgehead atoms. The highest BCUT2D eigenvalue weighted by molar-refractivity contribution is 7.90. The van der Waals surface area contributed by atoms with Crippen LogP contribution in [0.1, 0.15) is 18.0 Å². The molecule has 1 unspecified atom stereocenters. The number of halogens is 1. The van der Waals surface area contributed by atoms with Gasteiger partial charge >= 0.3 is 0 Å². The molecule has 3 heterocycles. The van der Waals surface area contributed by atoms with Crippen LogP contribution in [-0.2, 0) is 21.2 Å². The number of H-pyrrole nitrogens is 1. The SMILES string of the molecule is CS(=O)(=O)c1cn[nH]c1C1CCN(C(=O)Cn2cc(Cl)cn2)C1. The summed E-state index contributed by atoms with van der Waals surface area (Å²) >= 11 is 5.78. The Bertz CT molecular complexity index is 828. The molecule has 0 aliphatic carbocycles. The van der Waals surface area contributed by atoms with Gasteiger partial charge in [-0.15, -0.1) is 0 Å². The highest BCUT2D eigenvalue weighted by atomic mass is 35.5. The van der Waals surface area contributed by atoms with Crippen molar-refractivity contribution in [3.63, 3.8) is 0 Å². The number of nitrogens with zero attached hydrogens (tertiary/aromatic N) is 4. The Morgan fingerprint density at radius 3 is 2.91 bits per heavy atom. The molecular weight excluding hydrogens is 342 g/mol. The number of aromatic amines is 1. The summed E-state index contributed by atoms with van der Waals surface area (Å²) in [6.07, 6.45) is 6.23. The fourth-order valence-corrected chi connectivity index (χ4v) is 3.77. The molecule has 1 aliphatic rings. The van der Waals surface area contributed by atoms with Gasteiger partial charge in [-0.05, 0) is 6.42 Å². The molecule has 1 atom stereocenters. The minimum absolute atomic E-state index is 0.0626. The number of hydrogen-bond donors (Lipinski definition) is 1. The van der Waals surface area contributed by atoms with E-state index in [0.717, 1.165) is 6.26 Å². The number of sulfone groups is 1. The van der Waals surface area contributed by atoms with Gasteiger partial charge < -0.3 is 4.90 Å². The van der Waals surface area contributed by atoms with E-state index in [0.29, 0.717) is 30.2 Å². The van der Waals surface area contributed by atoms with E-state index in [2.05, 4.69) is 15.3 Å². The summed E-state index contributed by atoms with van der Waals surface area (Å²) < 4.78 is 25.0. The number of nitrogens with one attached hydrogen (secondary N) is 1. The molecule has 0 saturated carbocycles. The van der Waals surface area contributed by atoms with Crippen LogP contribution < -0.4 is 0 Å². The summed E-state index contributed by atoms with van der Waals surface area (Å²) in [5, 5.41) is 11.1. The van der Waals surface area contributed by atoms with Crippen LogP contribution >= 0.6 is 11.6 Å². The summed E-state index contributed by atoms with van der Waals surface area (Å²) in [4.78, 5) is 14.2. The van der Waals surface area contributed by atoms with Crippen molar-refractivity contribution in [2.24, 2.45) is 0 Å². The highest BCUT2D eigenvalue weighted by Crippen LogP contribution is 2.30. The van der Waals surface area contributed by atoms with Gasteiger partial charge in [-0.2, -0.15) is 10.2 Å². The summed E-state index contributed by atoms with van der Waals surface area (Å²) in [6, 6.07) is 0. The molecule has 2 aromatic heterocycles. The first-order valence-corrected chi connectivity index (χ1v) is 9.30. The number of carbonyl (C=O) groups excluding carboxylic acids is 1. The number of amides is 1. The number of rotatable bonds is 4. The minimum atomic E-state index is -3.34. The zero-order valence-corrected chi connectivity index (χ0v) is 14.0. The standard InChI is InChI=1S/C13H16ClN5O3S/c1-23(21,22)11-5-15-17-13(11)9-2-3-18(6-9)12(20)8-19-7-10(14)4-16-19/h4-5,7,9H,2-3,6,8H2,1H3,(H,15,17). The quantitative estimate of drug-likeness (QED) is 0.867. The van der Waals surface area contributed by atoms with Crippen molar-refractivity contribution in [2.75, 3.05) is 19.3 Å². The van der Waals surface area contributed by atoms with Crippen molar-refractivity contribution in [3.8, 4) is 0 Å². The predicted molar refractivity (Wildman–Crippen MR) is 82.9 cm³/mol. The van der Waals surface area contributed by atoms with Crippen molar-refractivity contribution in [3.05, 3.63) is 29.3 Å². The predicted octanol–water partition coefficient (Wildman–Crippen LogP) is 0.679. The average Bonchev–Trinajstić information content (AvgIpc) is 3.15. The van der Waals surface area contributed by atoms with E-state index >= 15 is 0 Å². The molecule has 1 saturated heterocycles.